The zero-order valence-electron chi connectivity index (χ0n) is 14.7. The van der Waals surface area contributed by atoms with Crippen LogP contribution in [0.3, 0.4) is 0 Å². The van der Waals surface area contributed by atoms with Gasteiger partial charge >= 0.3 is 0 Å². The number of carbonyl (C=O) groups excluding carboxylic acids is 1. The van der Waals surface area contributed by atoms with E-state index in [0.29, 0.717) is 17.9 Å². The van der Waals surface area contributed by atoms with Crippen molar-refractivity contribution in [2.45, 2.75) is 31.4 Å². The lowest BCUT2D eigenvalue weighted by Gasteiger charge is -2.43. The molecule has 0 unspecified atom stereocenters. The van der Waals surface area contributed by atoms with E-state index in [9.17, 15) is 9.18 Å². The number of hydrogen-bond acceptors (Lipinski definition) is 4. The van der Waals surface area contributed by atoms with Gasteiger partial charge in [-0.1, -0.05) is 18.2 Å². The van der Waals surface area contributed by atoms with Crippen LogP contribution in [0, 0.1) is 5.82 Å². The molecule has 1 saturated carbocycles. The summed E-state index contributed by atoms with van der Waals surface area (Å²) < 4.78 is 19.0. The summed E-state index contributed by atoms with van der Waals surface area (Å²) in [6.07, 6.45) is 2.74. The van der Waals surface area contributed by atoms with Crippen molar-refractivity contribution >= 4 is 17.2 Å². The van der Waals surface area contributed by atoms with Crippen molar-refractivity contribution in [1.29, 1.82) is 0 Å². The highest BCUT2D eigenvalue weighted by atomic mass is 32.1. The van der Waals surface area contributed by atoms with Crippen LogP contribution in [0.1, 0.15) is 40.9 Å². The zero-order chi connectivity index (χ0) is 18.7. The fraction of sp³-hybridized carbons (Fsp3) is 0.238. The van der Waals surface area contributed by atoms with Crippen molar-refractivity contribution in [3.63, 3.8) is 0 Å². The fourth-order valence-electron chi connectivity index (χ4n) is 3.27. The Morgan fingerprint density at radius 2 is 2.04 bits per heavy atom. The van der Waals surface area contributed by atoms with Gasteiger partial charge in [-0.05, 0) is 55.2 Å². The summed E-state index contributed by atoms with van der Waals surface area (Å²) in [6, 6.07) is 13.5. The highest BCUT2D eigenvalue weighted by Gasteiger charge is 2.40. The average Bonchev–Trinajstić information content (AvgIpc) is 3.17. The third-order valence-corrected chi connectivity index (χ3v) is 5.56. The summed E-state index contributed by atoms with van der Waals surface area (Å²) in [5, 5.41) is 5.08. The van der Waals surface area contributed by atoms with Crippen molar-refractivity contribution in [3.8, 4) is 5.75 Å². The molecule has 3 aromatic rings. The highest BCUT2D eigenvalue weighted by molar-refractivity contribution is 7.07. The van der Waals surface area contributed by atoms with Gasteiger partial charge in [-0.3, -0.25) is 4.79 Å². The number of thiazole rings is 1. The van der Waals surface area contributed by atoms with Gasteiger partial charge in [0.05, 0.1) is 16.7 Å². The Morgan fingerprint density at radius 3 is 2.70 bits per heavy atom. The molecule has 2 aromatic carbocycles. The number of hydrogen-bond donors (Lipinski definition) is 1. The van der Waals surface area contributed by atoms with Crippen LogP contribution in [-0.4, -0.2) is 10.9 Å². The second-order valence-corrected chi connectivity index (χ2v) is 7.41. The Labute approximate surface area is 161 Å². The molecule has 0 atom stereocenters. The van der Waals surface area contributed by atoms with Crippen molar-refractivity contribution in [2.24, 2.45) is 0 Å². The monoisotopic (exact) mass is 382 g/mol. The molecule has 0 aliphatic heterocycles. The minimum atomic E-state index is -0.414. The van der Waals surface area contributed by atoms with Crippen LogP contribution in [0.15, 0.2) is 59.4 Å². The SMILES string of the molecule is O=C(NC1(c2ccc(F)cc2)CCC1)c1cccc(OCc2cscn2)c1. The minimum Gasteiger partial charge on any atom is -0.487 e. The minimum absolute atomic E-state index is 0.155. The Bertz CT molecular complexity index is 922. The number of rotatable bonds is 6. The van der Waals surface area contributed by atoms with E-state index in [2.05, 4.69) is 10.3 Å². The quantitative estimate of drug-likeness (QED) is 0.674. The molecule has 4 nitrogen and oxygen atoms in total. The van der Waals surface area contributed by atoms with E-state index in [1.165, 1.54) is 23.5 Å². The summed E-state index contributed by atoms with van der Waals surface area (Å²) >= 11 is 1.52. The predicted molar refractivity (Wildman–Crippen MR) is 102 cm³/mol. The molecule has 1 amide bonds. The molecular weight excluding hydrogens is 363 g/mol. The zero-order valence-corrected chi connectivity index (χ0v) is 15.5. The highest BCUT2D eigenvalue weighted by Crippen LogP contribution is 2.41. The van der Waals surface area contributed by atoms with Gasteiger partial charge in [0, 0.05) is 10.9 Å². The van der Waals surface area contributed by atoms with Gasteiger partial charge in [-0.15, -0.1) is 11.3 Å². The molecule has 27 heavy (non-hydrogen) atoms. The molecule has 1 aliphatic rings. The van der Waals surface area contributed by atoms with Crippen LogP contribution >= 0.6 is 11.3 Å². The maximum atomic E-state index is 13.2. The van der Waals surface area contributed by atoms with Crippen LogP contribution in [-0.2, 0) is 12.1 Å². The van der Waals surface area contributed by atoms with Gasteiger partial charge in [0.15, 0.2) is 0 Å². The third-order valence-electron chi connectivity index (χ3n) is 4.92. The van der Waals surface area contributed by atoms with E-state index in [4.69, 9.17) is 4.74 Å². The summed E-state index contributed by atoms with van der Waals surface area (Å²) in [7, 11) is 0. The van der Waals surface area contributed by atoms with Crippen LogP contribution in [0.5, 0.6) is 5.75 Å². The van der Waals surface area contributed by atoms with Crippen LogP contribution in [0.4, 0.5) is 4.39 Å². The number of carbonyl (C=O) groups is 1. The first-order chi connectivity index (χ1) is 13.1. The number of nitrogens with zero attached hydrogens (tertiary/aromatic N) is 1. The molecule has 6 heteroatoms. The molecule has 138 valence electrons. The Hall–Kier alpha value is -2.73. The molecule has 0 spiro atoms. The predicted octanol–water partition coefficient (Wildman–Crippen LogP) is 4.67. The van der Waals surface area contributed by atoms with E-state index in [1.54, 1.807) is 35.8 Å². The standard InChI is InChI=1S/C21H19FN2O2S/c22-17-7-5-16(6-8-17)21(9-2-10-21)24-20(25)15-3-1-4-19(11-15)26-12-18-13-27-14-23-18/h1,3-8,11,13-14H,2,9-10,12H2,(H,24,25). The first-order valence-corrected chi connectivity index (χ1v) is 9.77. The molecule has 1 aliphatic carbocycles. The van der Waals surface area contributed by atoms with E-state index in [1.807, 2.05) is 11.4 Å². The first kappa shape index (κ1) is 17.7. The topological polar surface area (TPSA) is 51.2 Å². The Kier molecular flexibility index (Phi) is 4.90. The maximum Gasteiger partial charge on any atom is 0.252 e. The summed E-state index contributed by atoms with van der Waals surface area (Å²) in [5.41, 5.74) is 3.69. The van der Waals surface area contributed by atoms with Gasteiger partial charge in [-0.2, -0.15) is 0 Å². The average molecular weight is 382 g/mol. The van der Waals surface area contributed by atoms with Crippen molar-refractivity contribution < 1.29 is 13.9 Å². The van der Waals surface area contributed by atoms with E-state index in [-0.39, 0.29) is 11.7 Å². The lowest BCUT2D eigenvalue weighted by Crippen LogP contribution is -2.50. The third kappa shape index (κ3) is 3.85. The summed E-state index contributed by atoms with van der Waals surface area (Å²) in [4.78, 5) is 17.0. The smallest absolute Gasteiger partial charge is 0.252 e. The fourth-order valence-corrected chi connectivity index (χ4v) is 3.81. The van der Waals surface area contributed by atoms with Crippen LogP contribution in [0.2, 0.25) is 0 Å². The second kappa shape index (κ2) is 7.48. The summed E-state index contributed by atoms with van der Waals surface area (Å²) in [6.45, 7) is 0.369. The molecule has 0 radical (unpaired) electrons. The largest absolute Gasteiger partial charge is 0.487 e. The number of nitrogens with one attached hydrogen (secondary N) is 1. The van der Waals surface area contributed by atoms with Crippen LogP contribution in [0.25, 0.3) is 0 Å². The van der Waals surface area contributed by atoms with E-state index >= 15 is 0 Å². The second-order valence-electron chi connectivity index (χ2n) is 6.69. The van der Waals surface area contributed by atoms with Crippen molar-refractivity contribution in [1.82, 2.24) is 10.3 Å². The Balaban J connectivity index is 1.47. The van der Waals surface area contributed by atoms with Gasteiger partial charge < -0.3 is 10.1 Å². The van der Waals surface area contributed by atoms with Gasteiger partial charge in [0.25, 0.3) is 5.91 Å². The van der Waals surface area contributed by atoms with Crippen molar-refractivity contribution in [3.05, 3.63) is 82.1 Å². The molecule has 1 aromatic heterocycles. The Morgan fingerprint density at radius 1 is 1.22 bits per heavy atom. The van der Waals surface area contributed by atoms with Crippen molar-refractivity contribution in [2.75, 3.05) is 0 Å². The van der Waals surface area contributed by atoms with Crippen LogP contribution < -0.4 is 10.1 Å². The normalized spacial score (nSPS) is 15.0. The van der Waals surface area contributed by atoms with Gasteiger partial charge in [-0.25, -0.2) is 9.37 Å². The lowest BCUT2D eigenvalue weighted by atomic mass is 9.71. The molecule has 1 heterocycles. The number of benzene rings is 2. The number of ether oxygens (including phenoxy) is 1. The number of halogens is 1. The molecule has 0 bridgehead atoms. The molecular formula is C21H19FN2O2S. The lowest BCUT2D eigenvalue weighted by molar-refractivity contribution is 0.0823. The molecule has 4 rings (SSSR count). The number of aromatic nitrogens is 1. The molecule has 1 N–H and O–H groups in total. The van der Waals surface area contributed by atoms with Gasteiger partial charge in [0.1, 0.15) is 18.2 Å². The molecule has 0 saturated heterocycles. The first-order valence-electron chi connectivity index (χ1n) is 8.83. The van der Waals surface area contributed by atoms with E-state index in [0.717, 1.165) is 30.5 Å². The number of amides is 1. The van der Waals surface area contributed by atoms with E-state index < -0.39 is 5.54 Å². The molecule has 1 fully saturated rings. The maximum absolute atomic E-state index is 13.2. The summed E-state index contributed by atoms with van der Waals surface area (Å²) in [5.74, 6) is 0.197. The van der Waals surface area contributed by atoms with Gasteiger partial charge in [0.2, 0.25) is 0 Å².